The van der Waals surface area contributed by atoms with Crippen molar-refractivity contribution in [1.82, 2.24) is 10.3 Å². The van der Waals surface area contributed by atoms with E-state index in [0.717, 1.165) is 20.9 Å². The van der Waals surface area contributed by atoms with Crippen LogP contribution in [0.25, 0.3) is 0 Å². The Balaban J connectivity index is 2.12. The molecule has 0 radical (unpaired) electrons. The number of likely N-dealkylation sites (N-methyl/N-ethyl adjacent to an activating group) is 1. The first-order valence-corrected chi connectivity index (χ1v) is 7.20. The van der Waals surface area contributed by atoms with E-state index in [1.54, 1.807) is 11.3 Å². The van der Waals surface area contributed by atoms with Gasteiger partial charge >= 0.3 is 0 Å². The summed E-state index contributed by atoms with van der Waals surface area (Å²) in [5, 5.41) is 3.29. The lowest BCUT2D eigenvalue weighted by Crippen LogP contribution is -2.18. The highest BCUT2D eigenvalue weighted by atomic mass is 79.9. The molecule has 5 heteroatoms. The molecule has 0 aliphatic rings. The highest BCUT2D eigenvalue weighted by Crippen LogP contribution is 2.28. The van der Waals surface area contributed by atoms with E-state index in [2.05, 4.69) is 32.3 Å². The Kier molecular flexibility index (Phi) is 4.56. The summed E-state index contributed by atoms with van der Waals surface area (Å²) in [7, 11) is 1.96. The second kappa shape index (κ2) is 5.96. The van der Waals surface area contributed by atoms with Crippen LogP contribution >= 0.6 is 38.9 Å². The molecule has 1 N–H and O–H groups in total. The standard InChI is InChI=1S/C12H12BrClN2S/c1-15-10(11-4-5-12(14)17-11)6-9-3-2-8(13)7-16-9/h2-5,7,10,15H,6H2,1H3. The Morgan fingerprint density at radius 1 is 1.41 bits per heavy atom. The number of hydrogen-bond acceptors (Lipinski definition) is 3. The van der Waals surface area contributed by atoms with Gasteiger partial charge in [0.05, 0.1) is 4.34 Å². The first kappa shape index (κ1) is 13.0. The van der Waals surface area contributed by atoms with Crippen molar-refractivity contribution in [3.05, 3.63) is 49.8 Å². The monoisotopic (exact) mass is 330 g/mol. The maximum Gasteiger partial charge on any atom is 0.0931 e. The van der Waals surface area contributed by atoms with Gasteiger partial charge in [-0.2, -0.15) is 0 Å². The molecule has 2 aromatic heterocycles. The lowest BCUT2D eigenvalue weighted by atomic mass is 10.1. The fourth-order valence-electron chi connectivity index (χ4n) is 1.60. The number of hydrogen-bond donors (Lipinski definition) is 1. The molecule has 0 aromatic carbocycles. The molecule has 0 bridgehead atoms. The maximum atomic E-state index is 5.95. The topological polar surface area (TPSA) is 24.9 Å². The van der Waals surface area contributed by atoms with Crippen molar-refractivity contribution in [2.75, 3.05) is 7.05 Å². The van der Waals surface area contributed by atoms with Crippen LogP contribution in [0.2, 0.25) is 4.34 Å². The molecule has 17 heavy (non-hydrogen) atoms. The molecular formula is C12H12BrClN2S. The largest absolute Gasteiger partial charge is 0.312 e. The molecule has 0 saturated carbocycles. The van der Waals surface area contributed by atoms with Crippen LogP contribution in [0.4, 0.5) is 0 Å². The van der Waals surface area contributed by atoms with E-state index in [9.17, 15) is 0 Å². The molecule has 2 rings (SSSR count). The minimum absolute atomic E-state index is 0.265. The van der Waals surface area contributed by atoms with Crippen molar-refractivity contribution in [2.45, 2.75) is 12.5 Å². The van der Waals surface area contributed by atoms with Crippen molar-refractivity contribution >= 4 is 38.9 Å². The zero-order valence-corrected chi connectivity index (χ0v) is 12.4. The summed E-state index contributed by atoms with van der Waals surface area (Å²) in [6.07, 6.45) is 2.68. The zero-order valence-electron chi connectivity index (χ0n) is 9.28. The van der Waals surface area contributed by atoms with Crippen LogP contribution in [0.3, 0.4) is 0 Å². The van der Waals surface area contributed by atoms with Crippen LogP contribution in [0, 0.1) is 0 Å². The van der Waals surface area contributed by atoms with Crippen molar-refractivity contribution in [1.29, 1.82) is 0 Å². The highest BCUT2D eigenvalue weighted by molar-refractivity contribution is 9.10. The second-order valence-corrected chi connectivity index (χ2v) is 6.32. The fourth-order valence-corrected chi connectivity index (χ4v) is 3.00. The summed E-state index contributed by atoms with van der Waals surface area (Å²) in [5.74, 6) is 0. The minimum atomic E-state index is 0.265. The van der Waals surface area contributed by atoms with Gasteiger partial charge in [0.15, 0.2) is 0 Å². The third-order valence-electron chi connectivity index (χ3n) is 2.49. The lowest BCUT2D eigenvalue weighted by Gasteiger charge is -2.13. The van der Waals surface area contributed by atoms with Gasteiger partial charge < -0.3 is 5.32 Å². The van der Waals surface area contributed by atoms with Crippen molar-refractivity contribution in [3.63, 3.8) is 0 Å². The third-order valence-corrected chi connectivity index (χ3v) is 4.30. The van der Waals surface area contributed by atoms with Crippen LogP contribution in [0.5, 0.6) is 0 Å². The molecule has 0 saturated heterocycles. The molecule has 2 aromatic rings. The van der Waals surface area contributed by atoms with E-state index in [1.807, 2.05) is 31.4 Å². The molecule has 0 amide bonds. The number of aromatic nitrogens is 1. The van der Waals surface area contributed by atoms with Gasteiger partial charge in [0, 0.05) is 33.7 Å². The molecule has 1 unspecified atom stereocenters. The van der Waals surface area contributed by atoms with Crippen molar-refractivity contribution < 1.29 is 0 Å². The number of nitrogens with one attached hydrogen (secondary N) is 1. The van der Waals surface area contributed by atoms with Gasteiger partial charge in [-0.15, -0.1) is 11.3 Å². The lowest BCUT2D eigenvalue weighted by molar-refractivity contribution is 0.594. The van der Waals surface area contributed by atoms with Gasteiger partial charge in [-0.1, -0.05) is 11.6 Å². The quantitative estimate of drug-likeness (QED) is 0.914. The van der Waals surface area contributed by atoms with Gasteiger partial charge in [0.2, 0.25) is 0 Å². The maximum absolute atomic E-state index is 5.95. The van der Waals surface area contributed by atoms with Gasteiger partial charge in [-0.05, 0) is 47.2 Å². The van der Waals surface area contributed by atoms with Gasteiger partial charge in [0.25, 0.3) is 0 Å². The summed E-state index contributed by atoms with van der Waals surface area (Å²) >= 11 is 10.9. The predicted molar refractivity (Wildman–Crippen MR) is 76.8 cm³/mol. The summed E-state index contributed by atoms with van der Waals surface area (Å²) in [6.45, 7) is 0. The van der Waals surface area contributed by atoms with Gasteiger partial charge in [-0.25, -0.2) is 0 Å². The predicted octanol–water partition coefficient (Wildman–Crippen LogP) is 4.06. The molecule has 0 aliphatic carbocycles. The van der Waals surface area contributed by atoms with Gasteiger partial charge in [0.1, 0.15) is 0 Å². The van der Waals surface area contributed by atoms with Crippen LogP contribution < -0.4 is 5.32 Å². The number of thiophene rings is 1. The van der Waals surface area contributed by atoms with Crippen molar-refractivity contribution in [3.8, 4) is 0 Å². The summed E-state index contributed by atoms with van der Waals surface area (Å²) in [4.78, 5) is 5.62. The van der Waals surface area contributed by atoms with E-state index in [4.69, 9.17) is 11.6 Å². The summed E-state index contributed by atoms with van der Waals surface area (Å²) < 4.78 is 1.82. The van der Waals surface area contributed by atoms with Gasteiger partial charge in [-0.3, -0.25) is 4.98 Å². The number of halogens is 2. The molecule has 90 valence electrons. The minimum Gasteiger partial charge on any atom is -0.312 e. The Morgan fingerprint density at radius 3 is 2.76 bits per heavy atom. The molecular weight excluding hydrogens is 320 g/mol. The van der Waals surface area contributed by atoms with Crippen LogP contribution in [-0.4, -0.2) is 12.0 Å². The number of rotatable bonds is 4. The normalized spacial score (nSPS) is 12.6. The van der Waals surface area contributed by atoms with E-state index < -0.39 is 0 Å². The Hall–Kier alpha value is -0.420. The number of nitrogens with zero attached hydrogens (tertiary/aromatic N) is 1. The first-order chi connectivity index (χ1) is 8.19. The van der Waals surface area contributed by atoms with E-state index in [-0.39, 0.29) is 6.04 Å². The van der Waals surface area contributed by atoms with Crippen LogP contribution in [0.1, 0.15) is 16.6 Å². The van der Waals surface area contributed by atoms with Crippen molar-refractivity contribution in [2.24, 2.45) is 0 Å². The Bertz CT molecular complexity index is 484. The van der Waals surface area contributed by atoms with E-state index in [1.165, 1.54) is 4.88 Å². The smallest absolute Gasteiger partial charge is 0.0931 e. The molecule has 1 atom stereocenters. The summed E-state index contributed by atoms with van der Waals surface area (Å²) in [5.41, 5.74) is 1.07. The summed E-state index contributed by atoms with van der Waals surface area (Å²) in [6, 6.07) is 8.30. The number of pyridine rings is 1. The van der Waals surface area contributed by atoms with E-state index in [0.29, 0.717) is 0 Å². The van der Waals surface area contributed by atoms with Crippen LogP contribution in [-0.2, 0) is 6.42 Å². The van der Waals surface area contributed by atoms with E-state index >= 15 is 0 Å². The molecule has 2 nitrogen and oxygen atoms in total. The molecule has 0 spiro atoms. The average Bonchev–Trinajstić information content (AvgIpc) is 2.75. The Morgan fingerprint density at radius 2 is 2.24 bits per heavy atom. The first-order valence-electron chi connectivity index (χ1n) is 5.22. The Labute approximate surface area is 118 Å². The molecule has 0 fully saturated rings. The molecule has 0 aliphatic heterocycles. The molecule has 2 heterocycles. The fraction of sp³-hybridized carbons (Fsp3) is 0.250. The third kappa shape index (κ3) is 3.52. The SMILES string of the molecule is CNC(Cc1ccc(Br)cn1)c1ccc(Cl)s1. The van der Waals surface area contributed by atoms with Crippen LogP contribution in [0.15, 0.2) is 34.9 Å². The average molecular weight is 332 g/mol. The zero-order chi connectivity index (χ0) is 12.3. The highest BCUT2D eigenvalue weighted by Gasteiger charge is 2.13. The second-order valence-electron chi connectivity index (χ2n) is 3.66.